The Labute approximate surface area is 127 Å². The van der Waals surface area contributed by atoms with Crippen LogP contribution in [-0.4, -0.2) is 29.6 Å². The highest BCUT2D eigenvalue weighted by atomic mass is 16.5. The first-order valence-electron chi connectivity index (χ1n) is 6.94. The smallest absolute Gasteiger partial charge is 0.355 e. The molecule has 1 aliphatic heterocycles. The van der Waals surface area contributed by atoms with Crippen LogP contribution >= 0.6 is 0 Å². The van der Waals surface area contributed by atoms with Crippen molar-refractivity contribution in [1.82, 2.24) is 10.7 Å². The molecular formula is C15H17N3O4. The Bertz CT molecular complexity index is 598. The van der Waals surface area contributed by atoms with Crippen LogP contribution in [-0.2, 0) is 25.7 Å². The Hall–Kier alpha value is -2.70. The van der Waals surface area contributed by atoms with E-state index in [1.165, 1.54) is 6.92 Å². The highest BCUT2D eigenvalue weighted by molar-refractivity contribution is 6.37. The lowest BCUT2D eigenvalue weighted by Crippen LogP contribution is -2.38. The normalized spacial score (nSPS) is 15.3. The van der Waals surface area contributed by atoms with Gasteiger partial charge in [-0.05, 0) is 12.5 Å². The Morgan fingerprint density at radius 1 is 1.32 bits per heavy atom. The summed E-state index contributed by atoms with van der Waals surface area (Å²) < 4.78 is 5.04. The minimum absolute atomic E-state index is 0.113. The topological polar surface area (TPSA) is 96.9 Å². The molecule has 0 fully saturated rings. The SMILES string of the molecule is C[C@H](OC(=O)C1=NNC(=O)CC1)C(=O)NCc1ccccc1. The Morgan fingerprint density at radius 3 is 2.68 bits per heavy atom. The number of esters is 1. The lowest BCUT2D eigenvalue weighted by Gasteiger charge is -2.15. The van der Waals surface area contributed by atoms with Gasteiger partial charge in [0.05, 0.1) is 0 Å². The van der Waals surface area contributed by atoms with Gasteiger partial charge in [0, 0.05) is 19.4 Å². The van der Waals surface area contributed by atoms with Crippen LogP contribution < -0.4 is 10.7 Å². The number of nitrogens with one attached hydrogen (secondary N) is 2. The van der Waals surface area contributed by atoms with Crippen molar-refractivity contribution in [3.8, 4) is 0 Å². The van der Waals surface area contributed by atoms with Crippen LogP contribution in [0, 0.1) is 0 Å². The van der Waals surface area contributed by atoms with Crippen molar-refractivity contribution >= 4 is 23.5 Å². The molecule has 1 aromatic rings. The monoisotopic (exact) mass is 303 g/mol. The van der Waals surface area contributed by atoms with Gasteiger partial charge in [0.15, 0.2) is 6.10 Å². The van der Waals surface area contributed by atoms with Crippen LogP contribution in [0.4, 0.5) is 0 Å². The zero-order valence-electron chi connectivity index (χ0n) is 12.2. The summed E-state index contributed by atoms with van der Waals surface area (Å²) >= 11 is 0. The number of amides is 2. The molecule has 0 aromatic heterocycles. The second-order valence-electron chi connectivity index (χ2n) is 4.84. The second-order valence-corrected chi connectivity index (χ2v) is 4.84. The predicted molar refractivity (Wildman–Crippen MR) is 78.7 cm³/mol. The molecule has 1 aromatic carbocycles. The average molecular weight is 303 g/mol. The fraction of sp³-hybridized carbons (Fsp3) is 0.333. The maximum atomic E-state index is 11.9. The van der Waals surface area contributed by atoms with E-state index in [9.17, 15) is 14.4 Å². The van der Waals surface area contributed by atoms with Gasteiger partial charge in [0.1, 0.15) is 5.71 Å². The first kappa shape index (κ1) is 15.7. The van der Waals surface area contributed by atoms with E-state index in [0.717, 1.165) is 5.56 Å². The lowest BCUT2D eigenvalue weighted by molar-refractivity contribution is -0.148. The summed E-state index contributed by atoms with van der Waals surface area (Å²) in [4.78, 5) is 34.6. The summed E-state index contributed by atoms with van der Waals surface area (Å²) in [6, 6.07) is 9.41. The number of carbonyl (C=O) groups is 3. The van der Waals surface area contributed by atoms with Crippen molar-refractivity contribution in [2.75, 3.05) is 0 Å². The summed E-state index contributed by atoms with van der Waals surface area (Å²) in [5.41, 5.74) is 3.28. The Morgan fingerprint density at radius 2 is 2.05 bits per heavy atom. The van der Waals surface area contributed by atoms with Gasteiger partial charge in [-0.15, -0.1) is 0 Å². The van der Waals surface area contributed by atoms with Gasteiger partial charge in [-0.25, -0.2) is 10.2 Å². The Balaban J connectivity index is 1.81. The minimum atomic E-state index is -0.934. The fourth-order valence-electron chi connectivity index (χ4n) is 1.83. The quantitative estimate of drug-likeness (QED) is 0.774. The van der Waals surface area contributed by atoms with Crippen LogP contribution in [0.3, 0.4) is 0 Å². The van der Waals surface area contributed by atoms with Crippen LogP contribution in [0.25, 0.3) is 0 Å². The standard InChI is InChI=1S/C15H17N3O4/c1-10(14(20)16-9-11-5-3-2-4-6-11)22-15(21)12-7-8-13(19)18-17-12/h2-6,10H,7-9H2,1H3,(H,16,20)(H,18,19)/t10-/m0/s1. The lowest BCUT2D eigenvalue weighted by atomic mass is 10.2. The number of nitrogens with zero attached hydrogens (tertiary/aromatic N) is 1. The third-order valence-corrected chi connectivity index (χ3v) is 3.10. The summed E-state index contributed by atoms with van der Waals surface area (Å²) in [6.07, 6.45) is -0.539. The predicted octanol–water partition coefficient (Wildman–Crippen LogP) is 0.500. The van der Waals surface area contributed by atoms with Crippen LogP contribution in [0.1, 0.15) is 25.3 Å². The van der Waals surface area contributed by atoms with Gasteiger partial charge in [0.25, 0.3) is 5.91 Å². The van der Waals surface area contributed by atoms with Gasteiger partial charge in [0.2, 0.25) is 5.91 Å². The number of benzene rings is 1. The minimum Gasteiger partial charge on any atom is -0.448 e. The van der Waals surface area contributed by atoms with Crippen molar-refractivity contribution in [3.63, 3.8) is 0 Å². The van der Waals surface area contributed by atoms with E-state index in [1.807, 2.05) is 30.3 Å². The zero-order valence-corrected chi connectivity index (χ0v) is 12.2. The van der Waals surface area contributed by atoms with E-state index in [0.29, 0.717) is 6.54 Å². The number of hydrogen-bond donors (Lipinski definition) is 2. The van der Waals surface area contributed by atoms with Gasteiger partial charge in [-0.2, -0.15) is 5.10 Å². The number of rotatable bonds is 5. The number of hydrogen-bond acceptors (Lipinski definition) is 5. The van der Waals surface area contributed by atoms with Crippen LogP contribution in [0.2, 0.25) is 0 Å². The molecule has 1 heterocycles. The van der Waals surface area contributed by atoms with Crippen molar-refractivity contribution in [2.45, 2.75) is 32.4 Å². The molecule has 22 heavy (non-hydrogen) atoms. The molecule has 2 amide bonds. The van der Waals surface area contributed by atoms with E-state index >= 15 is 0 Å². The summed E-state index contributed by atoms with van der Waals surface area (Å²) in [6.45, 7) is 1.85. The summed E-state index contributed by atoms with van der Waals surface area (Å²) in [5, 5.41) is 6.32. The molecular weight excluding hydrogens is 286 g/mol. The molecule has 0 spiro atoms. The molecule has 0 aliphatic carbocycles. The molecule has 7 heteroatoms. The summed E-state index contributed by atoms with van der Waals surface area (Å²) in [5.74, 6) is -1.33. The molecule has 0 bridgehead atoms. The first-order chi connectivity index (χ1) is 10.6. The van der Waals surface area contributed by atoms with Crippen LogP contribution in [0.5, 0.6) is 0 Å². The third kappa shape index (κ3) is 4.41. The maximum absolute atomic E-state index is 11.9. The fourth-order valence-corrected chi connectivity index (χ4v) is 1.83. The first-order valence-corrected chi connectivity index (χ1v) is 6.94. The van der Waals surface area contributed by atoms with E-state index in [1.54, 1.807) is 0 Å². The Kier molecular flexibility index (Phi) is 5.24. The molecule has 1 aliphatic rings. The molecule has 7 nitrogen and oxygen atoms in total. The van der Waals surface area contributed by atoms with Gasteiger partial charge in [-0.3, -0.25) is 9.59 Å². The van der Waals surface area contributed by atoms with E-state index in [4.69, 9.17) is 4.74 Å². The zero-order chi connectivity index (χ0) is 15.9. The third-order valence-electron chi connectivity index (χ3n) is 3.10. The van der Waals surface area contributed by atoms with E-state index in [2.05, 4.69) is 15.8 Å². The molecule has 116 valence electrons. The van der Waals surface area contributed by atoms with Gasteiger partial charge in [-0.1, -0.05) is 30.3 Å². The molecule has 0 saturated carbocycles. The highest BCUT2D eigenvalue weighted by Crippen LogP contribution is 2.04. The van der Waals surface area contributed by atoms with Gasteiger partial charge < -0.3 is 10.1 Å². The molecule has 1 atom stereocenters. The molecule has 0 radical (unpaired) electrons. The average Bonchev–Trinajstić information content (AvgIpc) is 2.54. The number of ether oxygens (including phenoxy) is 1. The molecule has 0 unspecified atom stereocenters. The summed E-state index contributed by atoms with van der Waals surface area (Å²) in [7, 11) is 0. The largest absolute Gasteiger partial charge is 0.448 e. The van der Waals surface area contributed by atoms with Crippen molar-refractivity contribution in [1.29, 1.82) is 0 Å². The van der Waals surface area contributed by atoms with Crippen LogP contribution in [0.15, 0.2) is 35.4 Å². The van der Waals surface area contributed by atoms with Crippen molar-refractivity contribution < 1.29 is 19.1 Å². The molecule has 2 N–H and O–H groups in total. The molecule has 2 rings (SSSR count). The number of carbonyl (C=O) groups excluding carboxylic acids is 3. The van der Waals surface area contributed by atoms with E-state index in [-0.39, 0.29) is 24.5 Å². The highest BCUT2D eigenvalue weighted by Gasteiger charge is 2.24. The molecule has 0 saturated heterocycles. The van der Waals surface area contributed by atoms with E-state index < -0.39 is 18.0 Å². The van der Waals surface area contributed by atoms with Gasteiger partial charge >= 0.3 is 5.97 Å². The number of hydrazone groups is 1. The second kappa shape index (κ2) is 7.35. The van der Waals surface area contributed by atoms with Crippen molar-refractivity contribution in [3.05, 3.63) is 35.9 Å². The van der Waals surface area contributed by atoms with Crippen molar-refractivity contribution in [2.24, 2.45) is 5.10 Å². The maximum Gasteiger partial charge on any atom is 0.355 e.